The van der Waals surface area contributed by atoms with Crippen LogP contribution in [0.1, 0.15) is 18.1 Å². The predicted octanol–water partition coefficient (Wildman–Crippen LogP) is 5.23. The van der Waals surface area contributed by atoms with E-state index < -0.39 is 39.2 Å². The van der Waals surface area contributed by atoms with E-state index in [1.54, 1.807) is 17.0 Å². The first-order chi connectivity index (χ1) is 14.6. The average molecular weight is 450 g/mol. The highest BCUT2D eigenvalue weighted by Crippen LogP contribution is 2.37. The first-order valence-electron chi connectivity index (χ1n) is 9.00. The van der Waals surface area contributed by atoms with Crippen molar-refractivity contribution in [2.45, 2.75) is 30.4 Å². The van der Waals surface area contributed by atoms with Gasteiger partial charge in [0.15, 0.2) is 5.16 Å². The molecule has 1 unspecified atom stereocenters. The molecule has 0 fully saturated rings. The van der Waals surface area contributed by atoms with Crippen molar-refractivity contribution in [2.75, 3.05) is 5.32 Å². The quantitative estimate of drug-likeness (QED) is 0.316. The van der Waals surface area contributed by atoms with Crippen molar-refractivity contribution < 1.29 is 22.9 Å². The summed E-state index contributed by atoms with van der Waals surface area (Å²) >= 11 is 1.08. The van der Waals surface area contributed by atoms with Gasteiger partial charge in [0.05, 0.1) is 27.1 Å². The number of hydrogen-bond acceptors (Lipinski definition) is 5. The summed E-state index contributed by atoms with van der Waals surface area (Å²) in [6.45, 7) is 3.46. The largest absolute Gasteiger partial charge is 0.418 e. The van der Waals surface area contributed by atoms with E-state index in [2.05, 4.69) is 10.3 Å². The van der Waals surface area contributed by atoms with Crippen LogP contribution in [0.5, 0.6) is 0 Å². The lowest BCUT2D eigenvalue weighted by Crippen LogP contribution is -2.24. The molecule has 1 aromatic heterocycles. The molecule has 31 heavy (non-hydrogen) atoms. The molecule has 3 aromatic rings. The molecule has 1 amide bonds. The van der Waals surface area contributed by atoms with Gasteiger partial charge in [0.2, 0.25) is 5.91 Å². The first-order valence-corrected chi connectivity index (χ1v) is 9.88. The summed E-state index contributed by atoms with van der Waals surface area (Å²) in [5.74, 6) is -0.691. The number of nitro benzene ring substituents is 1. The van der Waals surface area contributed by atoms with Gasteiger partial charge in [-0.05, 0) is 31.5 Å². The van der Waals surface area contributed by atoms with E-state index in [4.69, 9.17) is 0 Å². The third kappa shape index (κ3) is 5.05. The molecule has 0 aliphatic rings. The van der Waals surface area contributed by atoms with Crippen molar-refractivity contribution in [3.8, 4) is 5.69 Å². The van der Waals surface area contributed by atoms with E-state index in [1.807, 2.05) is 31.2 Å². The lowest BCUT2D eigenvalue weighted by atomic mass is 10.1. The van der Waals surface area contributed by atoms with Gasteiger partial charge in [0.1, 0.15) is 0 Å². The van der Waals surface area contributed by atoms with E-state index in [0.717, 1.165) is 35.1 Å². The van der Waals surface area contributed by atoms with E-state index in [9.17, 15) is 28.1 Å². The number of alkyl halides is 3. The highest BCUT2D eigenvalue weighted by atomic mass is 32.2. The van der Waals surface area contributed by atoms with Crippen LogP contribution in [0.25, 0.3) is 5.69 Å². The molecule has 0 aliphatic carbocycles. The van der Waals surface area contributed by atoms with E-state index >= 15 is 0 Å². The topological polar surface area (TPSA) is 90.1 Å². The first kappa shape index (κ1) is 22.3. The summed E-state index contributed by atoms with van der Waals surface area (Å²) in [5, 5.41) is 12.7. The number of non-ortho nitro benzene ring substituents is 1. The fourth-order valence-electron chi connectivity index (χ4n) is 2.83. The van der Waals surface area contributed by atoms with Crippen LogP contribution in [-0.4, -0.2) is 25.6 Å². The Balaban J connectivity index is 1.81. The maximum atomic E-state index is 13.3. The van der Waals surface area contributed by atoms with Crippen LogP contribution in [0, 0.1) is 17.0 Å². The Morgan fingerprint density at radius 2 is 1.97 bits per heavy atom. The van der Waals surface area contributed by atoms with Gasteiger partial charge in [-0.15, -0.1) is 0 Å². The number of carbonyl (C=O) groups excluding carboxylic acids is 1. The number of aromatic nitrogens is 2. The Morgan fingerprint density at radius 1 is 1.26 bits per heavy atom. The van der Waals surface area contributed by atoms with Crippen molar-refractivity contribution in [3.05, 3.63) is 76.1 Å². The van der Waals surface area contributed by atoms with Crippen LogP contribution in [0.2, 0.25) is 0 Å². The van der Waals surface area contributed by atoms with Crippen LogP contribution in [0.4, 0.5) is 24.5 Å². The third-order valence-electron chi connectivity index (χ3n) is 4.41. The number of para-hydroxylation sites is 1. The van der Waals surface area contributed by atoms with E-state index in [-0.39, 0.29) is 0 Å². The predicted molar refractivity (Wildman–Crippen MR) is 110 cm³/mol. The second kappa shape index (κ2) is 8.80. The van der Waals surface area contributed by atoms with E-state index in [0.29, 0.717) is 11.2 Å². The second-order valence-electron chi connectivity index (χ2n) is 6.60. The number of halogens is 3. The number of imidazole rings is 1. The number of rotatable bonds is 6. The molecule has 3 rings (SSSR count). The number of nitrogens with one attached hydrogen (secondary N) is 1. The lowest BCUT2D eigenvalue weighted by Gasteiger charge is -2.17. The van der Waals surface area contributed by atoms with Crippen LogP contribution in [0.3, 0.4) is 0 Å². The minimum Gasteiger partial charge on any atom is -0.325 e. The van der Waals surface area contributed by atoms with Crippen molar-refractivity contribution in [1.29, 1.82) is 0 Å². The standard InChI is InChI=1S/C20H17F3N4O3S/c1-12-5-3-4-6-17(12)26-10-9-24-19(26)31-13(2)18(28)25-16-8-7-14(27(29)30)11-15(16)20(21,22)23/h3-11,13H,1-2H3,(H,25,28). The summed E-state index contributed by atoms with van der Waals surface area (Å²) in [6, 6.07) is 9.75. The summed E-state index contributed by atoms with van der Waals surface area (Å²) in [4.78, 5) is 26.7. The normalized spacial score (nSPS) is 12.4. The number of thioether (sulfide) groups is 1. The van der Waals surface area contributed by atoms with Crippen LogP contribution < -0.4 is 5.32 Å². The molecule has 1 N–H and O–H groups in total. The molecule has 7 nitrogen and oxygen atoms in total. The Bertz CT molecular complexity index is 1130. The van der Waals surface area contributed by atoms with Crippen molar-refractivity contribution in [1.82, 2.24) is 9.55 Å². The molecule has 0 aliphatic heterocycles. The molecule has 1 heterocycles. The molecule has 1 atom stereocenters. The number of carbonyl (C=O) groups is 1. The SMILES string of the molecule is Cc1ccccc1-n1ccnc1SC(C)C(=O)Nc1ccc([N+](=O)[O-])cc1C(F)(F)F. The van der Waals surface area contributed by atoms with Crippen LogP contribution in [-0.2, 0) is 11.0 Å². The van der Waals surface area contributed by atoms with Gasteiger partial charge < -0.3 is 5.32 Å². The molecule has 11 heteroatoms. The number of amides is 1. The molecular formula is C20H17F3N4O3S. The van der Waals surface area contributed by atoms with Gasteiger partial charge in [-0.2, -0.15) is 13.2 Å². The van der Waals surface area contributed by atoms with Gasteiger partial charge in [-0.1, -0.05) is 30.0 Å². The smallest absolute Gasteiger partial charge is 0.325 e. The molecule has 162 valence electrons. The summed E-state index contributed by atoms with van der Waals surface area (Å²) in [7, 11) is 0. The molecule has 0 spiro atoms. The monoisotopic (exact) mass is 450 g/mol. The molecular weight excluding hydrogens is 433 g/mol. The zero-order valence-corrected chi connectivity index (χ0v) is 17.2. The van der Waals surface area contributed by atoms with E-state index in [1.165, 1.54) is 6.92 Å². The van der Waals surface area contributed by atoms with Crippen LogP contribution >= 0.6 is 11.8 Å². The molecule has 2 aromatic carbocycles. The maximum Gasteiger partial charge on any atom is 0.418 e. The van der Waals surface area contributed by atoms with Crippen molar-refractivity contribution in [3.63, 3.8) is 0 Å². The highest BCUT2D eigenvalue weighted by Gasteiger charge is 2.36. The molecule has 0 saturated carbocycles. The average Bonchev–Trinajstić information content (AvgIpc) is 3.15. The Hall–Kier alpha value is -3.34. The maximum absolute atomic E-state index is 13.3. The van der Waals surface area contributed by atoms with Crippen molar-refractivity contribution in [2.24, 2.45) is 0 Å². The summed E-state index contributed by atoms with van der Waals surface area (Å²) in [6.07, 6.45) is -1.57. The van der Waals surface area contributed by atoms with Gasteiger partial charge in [-0.3, -0.25) is 19.5 Å². The number of nitro groups is 1. The minimum absolute atomic E-state index is 0.401. The van der Waals surface area contributed by atoms with Gasteiger partial charge in [0, 0.05) is 24.5 Å². The Kier molecular flexibility index (Phi) is 6.34. The highest BCUT2D eigenvalue weighted by molar-refractivity contribution is 8.00. The fraction of sp³-hybridized carbons (Fsp3) is 0.200. The second-order valence-corrected chi connectivity index (χ2v) is 7.91. The number of nitrogens with zero attached hydrogens (tertiary/aromatic N) is 3. The van der Waals surface area contributed by atoms with Gasteiger partial charge in [-0.25, -0.2) is 4.98 Å². The Labute approximate surface area is 179 Å². The lowest BCUT2D eigenvalue weighted by molar-refractivity contribution is -0.385. The summed E-state index contributed by atoms with van der Waals surface area (Å²) in [5.41, 5.74) is -0.690. The fourth-order valence-corrected chi connectivity index (χ4v) is 3.71. The minimum atomic E-state index is -4.87. The number of hydrogen-bond donors (Lipinski definition) is 1. The number of benzene rings is 2. The third-order valence-corrected chi connectivity index (χ3v) is 5.49. The van der Waals surface area contributed by atoms with Gasteiger partial charge >= 0.3 is 6.18 Å². The zero-order chi connectivity index (χ0) is 22.8. The number of aryl methyl sites for hydroxylation is 1. The van der Waals surface area contributed by atoms with Crippen molar-refractivity contribution >= 4 is 29.0 Å². The van der Waals surface area contributed by atoms with Gasteiger partial charge in [0.25, 0.3) is 5.69 Å². The molecule has 0 radical (unpaired) electrons. The zero-order valence-electron chi connectivity index (χ0n) is 16.4. The number of anilines is 1. The molecule has 0 saturated heterocycles. The summed E-state index contributed by atoms with van der Waals surface area (Å²) < 4.78 is 41.8. The molecule has 0 bridgehead atoms. The van der Waals surface area contributed by atoms with Crippen LogP contribution in [0.15, 0.2) is 60.0 Å². The Morgan fingerprint density at radius 3 is 2.61 bits per heavy atom.